The van der Waals surface area contributed by atoms with Gasteiger partial charge < -0.3 is 5.11 Å². The van der Waals surface area contributed by atoms with Crippen molar-refractivity contribution in [1.29, 1.82) is 0 Å². The summed E-state index contributed by atoms with van der Waals surface area (Å²) < 4.78 is 25.9. The van der Waals surface area contributed by atoms with Crippen LogP contribution in [0.3, 0.4) is 0 Å². The van der Waals surface area contributed by atoms with Crippen molar-refractivity contribution in [3.8, 4) is 0 Å². The van der Waals surface area contributed by atoms with Crippen molar-refractivity contribution in [2.45, 2.75) is 26.4 Å². The lowest BCUT2D eigenvalue weighted by atomic mass is 10.1. The number of rotatable bonds is 2. The maximum atomic E-state index is 12.2. The molecule has 1 N–H and O–H groups in total. The quantitative estimate of drug-likeness (QED) is 0.764. The van der Waals surface area contributed by atoms with E-state index in [2.05, 4.69) is 5.10 Å². The zero-order valence-electron chi connectivity index (χ0n) is 7.75. The molecule has 0 saturated heterocycles. The highest BCUT2D eigenvalue weighted by atomic mass is 19.3. The zero-order valence-corrected chi connectivity index (χ0v) is 7.75. The molecule has 0 spiro atoms. The summed E-state index contributed by atoms with van der Waals surface area (Å²) in [5.41, 5.74) is 1.26. The van der Waals surface area contributed by atoms with Crippen LogP contribution in [0.25, 0.3) is 0 Å². The van der Waals surface area contributed by atoms with Gasteiger partial charge in [-0.15, -0.1) is 0 Å². The van der Waals surface area contributed by atoms with Crippen molar-refractivity contribution in [3.05, 3.63) is 17.0 Å². The van der Waals surface area contributed by atoms with Crippen LogP contribution in [0.1, 0.15) is 23.1 Å². The molecule has 5 heteroatoms. The van der Waals surface area contributed by atoms with Crippen molar-refractivity contribution in [3.63, 3.8) is 0 Å². The van der Waals surface area contributed by atoms with Crippen molar-refractivity contribution in [2.75, 3.05) is 0 Å². The topological polar surface area (TPSA) is 38.0 Å². The van der Waals surface area contributed by atoms with Crippen LogP contribution in [-0.2, 0) is 7.05 Å². The molecule has 1 heterocycles. The third-order valence-electron chi connectivity index (χ3n) is 2.10. The smallest absolute Gasteiger partial charge is 0.268 e. The Bertz CT molecular complexity index is 309. The van der Waals surface area contributed by atoms with Gasteiger partial charge in [0.25, 0.3) is 6.43 Å². The summed E-state index contributed by atoms with van der Waals surface area (Å²) in [5, 5.41) is 13.1. The first kappa shape index (κ1) is 10.1. The first-order valence-electron chi connectivity index (χ1n) is 3.91. The van der Waals surface area contributed by atoms with Gasteiger partial charge in [-0.2, -0.15) is 5.10 Å². The number of aryl methyl sites for hydroxylation is 2. The molecule has 74 valence electrons. The van der Waals surface area contributed by atoms with E-state index < -0.39 is 12.5 Å². The molecule has 13 heavy (non-hydrogen) atoms. The predicted molar refractivity (Wildman–Crippen MR) is 43.6 cm³/mol. The van der Waals surface area contributed by atoms with Crippen LogP contribution in [0.2, 0.25) is 0 Å². The highest BCUT2D eigenvalue weighted by Gasteiger charge is 2.25. The highest BCUT2D eigenvalue weighted by Crippen LogP contribution is 2.25. The van der Waals surface area contributed by atoms with E-state index in [9.17, 15) is 8.78 Å². The van der Waals surface area contributed by atoms with Crippen molar-refractivity contribution in [1.82, 2.24) is 9.78 Å². The second-order valence-corrected chi connectivity index (χ2v) is 2.99. The molecule has 0 aliphatic carbocycles. The van der Waals surface area contributed by atoms with Crippen LogP contribution in [-0.4, -0.2) is 21.3 Å². The minimum atomic E-state index is -2.76. The Kier molecular flexibility index (Phi) is 2.66. The Morgan fingerprint density at radius 3 is 2.23 bits per heavy atom. The first-order chi connectivity index (χ1) is 5.95. The molecule has 0 radical (unpaired) electrons. The zero-order chi connectivity index (χ0) is 10.2. The summed E-state index contributed by atoms with van der Waals surface area (Å²) in [4.78, 5) is 0. The van der Waals surface area contributed by atoms with Crippen LogP contribution in [0.4, 0.5) is 8.78 Å². The van der Waals surface area contributed by atoms with Crippen LogP contribution in [0.5, 0.6) is 0 Å². The SMILES string of the molecule is Cc1nn(C)c(C)c1C(O)C(F)F. The molecular formula is C8H12F2N2O. The summed E-state index contributed by atoms with van der Waals surface area (Å²) in [6.45, 7) is 3.26. The number of hydrogen-bond acceptors (Lipinski definition) is 2. The number of alkyl halides is 2. The average molecular weight is 190 g/mol. The van der Waals surface area contributed by atoms with E-state index in [0.29, 0.717) is 11.4 Å². The molecule has 1 aromatic rings. The largest absolute Gasteiger partial charge is 0.382 e. The average Bonchev–Trinajstić information content (AvgIpc) is 2.26. The lowest BCUT2D eigenvalue weighted by molar-refractivity contribution is -0.00652. The first-order valence-corrected chi connectivity index (χ1v) is 3.91. The van der Waals surface area contributed by atoms with Gasteiger partial charge in [-0.05, 0) is 13.8 Å². The van der Waals surface area contributed by atoms with Gasteiger partial charge in [-0.1, -0.05) is 0 Å². The number of nitrogens with zero attached hydrogens (tertiary/aromatic N) is 2. The normalized spacial score (nSPS) is 13.8. The minimum Gasteiger partial charge on any atom is -0.382 e. The van der Waals surface area contributed by atoms with E-state index in [4.69, 9.17) is 5.11 Å². The summed E-state index contributed by atoms with van der Waals surface area (Å²) in [5.74, 6) is 0. The van der Waals surface area contributed by atoms with Crippen LogP contribution in [0, 0.1) is 13.8 Å². The fourth-order valence-electron chi connectivity index (χ4n) is 1.34. The molecule has 0 aromatic carbocycles. The maximum absolute atomic E-state index is 12.2. The van der Waals surface area contributed by atoms with E-state index in [1.807, 2.05) is 0 Å². The third-order valence-corrected chi connectivity index (χ3v) is 2.10. The third kappa shape index (κ3) is 1.70. The van der Waals surface area contributed by atoms with Gasteiger partial charge in [0, 0.05) is 18.3 Å². The molecule has 0 amide bonds. The summed E-state index contributed by atoms with van der Waals surface area (Å²) >= 11 is 0. The number of halogens is 2. The Labute approximate surface area is 75.0 Å². The van der Waals surface area contributed by atoms with E-state index in [0.717, 1.165) is 0 Å². The molecular weight excluding hydrogens is 178 g/mol. The number of aliphatic hydroxyl groups excluding tert-OH is 1. The van der Waals surface area contributed by atoms with Gasteiger partial charge in [0.05, 0.1) is 5.69 Å². The second kappa shape index (κ2) is 3.41. The molecule has 0 bridgehead atoms. The fourth-order valence-corrected chi connectivity index (χ4v) is 1.34. The Balaban J connectivity index is 3.13. The molecule has 1 unspecified atom stereocenters. The van der Waals surface area contributed by atoms with E-state index >= 15 is 0 Å². The number of aromatic nitrogens is 2. The lowest BCUT2D eigenvalue weighted by Crippen LogP contribution is -2.10. The predicted octanol–water partition coefficient (Wildman–Crippen LogP) is 1.34. The van der Waals surface area contributed by atoms with Crippen molar-refractivity contribution >= 4 is 0 Å². The van der Waals surface area contributed by atoms with Gasteiger partial charge in [-0.3, -0.25) is 4.68 Å². The summed E-state index contributed by atoms with van der Waals surface area (Å²) in [6.07, 6.45) is -4.49. The fraction of sp³-hybridized carbons (Fsp3) is 0.625. The molecule has 0 aliphatic heterocycles. The van der Waals surface area contributed by atoms with E-state index in [1.165, 1.54) is 4.68 Å². The molecule has 3 nitrogen and oxygen atoms in total. The van der Waals surface area contributed by atoms with E-state index in [-0.39, 0.29) is 5.56 Å². The van der Waals surface area contributed by atoms with Crippen LogP contribution >= 0.6 is 0 Å². The Morgan fingerprint density at radius 2 is 1.92 bits per heavy atom. The van der Waals surface area contributed by atoms with Crippen LogP contribution in [0.15, 0.2) is 0 Å². The minimum absolute atomic E-state index is 0.234. The molecule has 0 fully saturated rings. The molecule has 1 rings (SSSR count). The van der Waals surface area contributed by atoms with Crippen molar-refractivity contribution < 1.29 is 13.9 Å². The van der Waals surface area contributed by atoms with Gasteiger partial charge >= 0.3 is 0 Å². The molecule has 0 saturated carbocycles. The Morgan fingerprint density at radius 1 is 1.38 bits per heavy atom. The highest BCUT2D eigenvalue weighted by molar-refractivity contribution is 5.27. The Hall–Kier alpha value is -0.970. The van der Waals surface area contributed by atoms with Crippen molar-refractivity contribution in [2.24, 2.45) is 7.05 Å². The van der Waals surface area contributed by atoms with Gasteiger partial charge in [-0.25, -0.2) is 8.78 Å². The standard InChI is InChI=1S/C8H12F2N2O/c1-4-6(7(13)8(9)10)5(2)12(3)11-4/h7-8,13H,1-3H3. The second-order valence-electron chi connectivity index (χ2n) is 2.99. The number of hydrogen-bond donors (Lipinski definition) is 1. The summed E-state index contributed by atoms with van der Waals surface area (Å²) in [6, 6.07) is 0. The van der Waals surface area contributed by atoms with Gasteiger partial charge in [0.1, 0.15) is 6.10 Å². The molecule has 0 aliphatic rings. The maximum Gasteiger partial charge on any atom is 0.268 e. The number of aliphatic hydroxyl groups is 1. The van der Waals surface area contributed by atoms with Gasteiger partial charge in [0.2, 0.25) is 0 Å². The van der Waals surface area contributed by atoms with E-state index in [1.54, 1.807) is 20.9 Å². The monoisotopic (exact) mass is 190 g/mol. The molecule has 1 aromatic heterocycles. The lowest BCUT2D eigenvalue weighted by Gasteiger charge is -2.09. The van der Waals surface area contributed by atoms with Gasteiger partial charge in [0.15, 0.2) is 0 Å². The summed E-state index contributed by atoms with van der Waals surface area (Å²) in [7, 11) is 1.66. The van der Waals surface area contributed by atoms with Crippen LogP contribution < -0.4 is 0 Å². The molecule has 1 atom stereocenters.